The summed E-state index contributed by atoms with van der Waals surface area (Å²) >= 11 is 0. The third kappa shape index (κ3) is 3.47. The molecular weight excluding hydrogens is 330 g/mol. The van der Waals surface area contributed by atoms with Crippen molar-refractivity contribution in [1.29, 1.82) is 0 Å². The Bertz CT molecular complexity index is 817. The van der Waals surface area contributed by atoms with Gasteiger partial charge < -0.3 is 19.1 Å². The summed E-state index contributed by atoms with van der Waals surface area (Å²) < 4.78 is 16.7. The van der Waals surface area contributed by atoms with Crippen LogP contribution in [0.3, 0.4) is 0 Å². The van der Waals surface area contributed by atoms with Crippen molar-refractivity contribution in [3.05, 3.63) is 53.6 Å². The van der Waals surface area contributed by atoms with E-state index < -0.39 is 0 Å². The molecule has 1 fully saturated rings. The lowest BCUT2D eigenvalue weighted by molar-refractivity contribution is -0.146. The highest BCUT2D eigenvalue weighted by Crippen LogP contribution is 2.50. The van der Waals surface area contributed by atoms with E-state index in [2.05, 4.69) is 0 Å². The van der Waals surface area contributed by atoms with Crippen LogP contribution in [0.1, 0.15) is 23.5 Å². The number of nitrogens with zero attached hydrogens (tertiary/aromatic N) is 1. The number of ether oxygens (including phenoxy) is 3. The molecule has 26 heavy (non-hydrogen) atoms. The Balaban J connectivity index is 1.35. The van der Waals surface area contributed by atoms with E-state index >= 15 is 0 Å². The predicted octanol–water partition coefficient (Wildman–Crippen LogP) is 3.37. The van der Waals surface area contributed by atoms with Crippen molar-refractivity contribution in [2.24, 2.45) is 5.92 Å². The average Bonchev–Trinajstić information content (AvgIpc) is 3.47. The first-order valence-electron chi connectivity index (χ1n) is 8.94. The zero-order chi connectivity index (χ0) is 18.1. The highest BCUT2D eigenvalue weighted by Gasteiger charge is 2.45. The Hall–Kier alpha value is -2.69. The van der Waals surface area contributed by atoms with Crippen LogP contribution in [0.25, 0.3) is 0 Å². The first-order valence-corrected chi connectivity index (χ1v) is 8.94. The first-order chi connectivity index (χ1) is 12.6. The van der Waals surface area contributed by atoms with Crippen LogP contribution in [0.15, 0.2) is 42.5 Å². The third-order valence-corrected chi connectivity index (χ3v) is 4.90. The minimum atomic E-state index is -0.125. The lowest BCUT2D eigenvalue weighted by Gasteiger charge is -2.18. The molecule has 4 rings (SSSR count). The first kappa shape index (κ1) is 16.8. The van der Waals surface area contributed by atoms with E-state index in [4.69, 9.17) is 14.2 Å². The second kappa shape index (κ2) is 6.90. The maximum atomic E-state index is 12.4. The molecule has 0 spiro atoms. The van der Waals surface area contributed by atoms with Gasteiger partial charge in [0.1, 0.15) is 19.8 Å². The summed E-state index contributed by atoms with van der Waals surface area (Å²) in [6, 6.07) is 14.0. The highest BCUT2D eigenvalue weighted by molar-refractivity contribution is 5.77. The average molecular weight is 353 g/mol. The molecule has 0 radical (unpaired) electrons. The smallest absolute Gasteiger partial charge is 0.309 e. The van der Waals surface area contributed by atoms with Crippen molar-refractivity contribution < 1.29 is 19.0 Å². The van der Waals surface area contributed by atoms with Gasteiger partial charge in [0, 0.05) is 19.8 Å². The topological polar surface area (TPSA) is 48.0 Å². The summed E-state index contributed by atoms with van der Waals surface area (Å²) in [6.07, 6.45) is 0.830. The van der Waals surface area contributed by atoms with Gasteiger partial charge in [-0.05, 0) is 47.7 Å². The van der Waals surface area contributed by atoms with Gasteiger partial charge >= 0.3 is 5.97 Å². The normalized spacial score (nSPS) is 20.4. The SMILES string of the molecule is CN(C)c1cccc(COC(=O)C2CC2c2ccc3c(c2)OCCO3)c1. The van der Waals surface area contributed by atoms with Gasteiger partial charge in [-0.2, -0.15) is 0 Å². The molecule has 2 atom stereocenters. The summed E-state index contributed by atoms with van der Waals surface area (Å²) in [6.45, 7) is 1.46. The van der Waals surface area contributed by atoms with Crippen molar-refractivity contribution in [1.82, 2.24) is 0 Å². The van der Waals surface area contributed by atoms with Gasteiger partial charge in [0.15, 0.2) is 11.5 Å². The van der Waals surface area contributed by atoms with E-state index in [9.17, 15) is 4.79 Å². The van der Waals surface area contributed by atoms with E-state index in [1.807, 2.05) is 61.5 Å². The van der Waals surface area contributed by atoms with Crippen LogP contribution in [0.5, 0.6) is 11.5 Å². The molecule has 136 valence electrons. The van der Waals surface area contributed by atoms with E-state index in [-0.39, 0.29) is 17.8 Å². The molecule has 1 aliphatic carbocycles. The fraction of sp³-hybridized carbons (Fsp3) is 0.381. The molecule has 1 aliphatic heterocycles. The lowest BCUT2D eigenvalue weighted by atomic mass is 10.1. The molecule has 0 N–H and O–H groups in total. The van der Waals surface area contributed by atoms with Crippen LogP contribution in [-0.2, 0) is 16.1 Å². The molecule has 5 heteroatoms. The predicted molar refractivity (Wildman–Crippen MR) is 98.8 cm³/mol. The fourth-order valence-electron chi connectivity index (χ4n) is 3.30. The number of carbonyl (C=O) groups is 1. The molecule has 2 unspecified atom stereocenters. The summed E-state index contributed by atoms with van der Waals surface area (Å²) in [5.41, 5.74) is 3.21. The van der Waals surface area contributed by atoms with Gasteiger partial charge in [0.25, 0.3) is 0 Å². The largest absolute Gasteiger partial charge is 0.486 e. The second-order valence-corrected chi connectivity index (χ2v) is 7.02. The quantitative estimate of drug-likeness (QED) is 0.772. The van der Waals surface area contributed by atoms with Crippen molar-refractivity contribution in [2.75, 3.05) is 32.2 Å². The van der Waals surface area contributed by atoms with Crippen molar-refractivity contribution >= 4 is 11.7 Å². The van der Waals surface area contributed by atoms with E-state index in [0.717, 1.165) is 34.7 Å². The molecule has 2 aliphatic rings. The molecule has 1 heterocycles. The van der Waals surface area contributed by atoms with E-state index in [1.54, 1.807) is 0 Å². The Labute approximate surface area is 153 Å². The van der Waals surface area contributed by atoms with Crippen LogP contribution in [0, 0.1) is 5.92 Å². The maximum Gasteiger partial charge on any atom is 0.309 e. The summed E-state index contributed by atoms with van der Waals surface area (Å²) in [7, 11) is 3.99. The van der Waals surface area contributed by atoms with Gasteiger partial charge in [-0.1, -0.05) is 18.2 Å². The molecule has 5 nitrogen and oxygen atoms in total. The van der Waals surface area contributed by atoms with Crippen LogP contribution in [0.4, 0.5) is 5.69 Å². The van der Waals surface area contributed by atoms with Gasteiger partial charge in [-0.15, -0.1) is 0 Å². The van der Waals surface area contributed by atoms with E-state index in [1.165, 1.54) is 0 Å². The minimum Gasteiger partial charge on any atom is -0.486 e. The van der Waals surface area contributed by atoms with Crippen LogP contribution < -0.4 is 14.4 Å². The van der Waals surface area contributed by atoms with Crippen molar-refractivity contribution in [3.8, 4) is 11.5 Å². The zero-order valence-corrected chi connectivity index (χ0v) is 15.1. The van der Waals surface area contributed by atoms with Crippen LogP contribution in [0.2, 0.25) is 0 Å². The number of benzene rings is 2. The summed E-state index contributed by atoms with van der Waals surface area (Å²) in [5.74, 6) is 1.58. The van der Waals surface area contributed by atoms with Gasteiger partial charge in [0.05, 0.1) is 5.92 Å². The maximum absolute atomic E-state index is 12.4. The molecular formula is C21H23NO4. The molecule has 0 saturated heterocycles. The molecule has 2 aromatic carbocycles. The van der Waals surface area contributed by atoms with Gasteiger partial charge in [-0.3, -0.25) is 4.79 Å². The molecule has 1 saturated carbocycles. The van der Waals surface area contributed by atoms with Gasteiger partial charge in [-0.25, -0.2) is 0 Å². The van der Waals surface area contributed by atoms with Crippen LogP contribution >= 0.6 is 0 Å². The number of hydrogen-bond acceptors (Lipinski definition) is 5. The fourth-order valence-corrected chi connectivity index (χ4v) is 3.30. The zero-order valence-electron chi connectivity index (χ0n) is 15.1. The van der Waals surface area contributed by atoms with Crippen molar-refractivity contribution in [3.63, 3.8) is 0 Å². The highest BCUT2D eigenvalue weighted by atomic mass is 16.6. The Kier molecular flexibility index (Phi) is 4.45. The molecule has 0 amide bonds. The number of esters is 1. The van der Waals surface area contributed by atoms with Crippen molar-refractivity contribution in [2.45, 2.75) is 18.9 Å². The Morgan fingerprint density at radius 3 is 2.73 bits per heavy atom. The summed E-state index contributed by atoms with van der Waals surface area (Å²) in [4.78, 5) is 14.4. The molecule has 0 aromatic heterocycles. The monoisotopic (exact) mass is 353 g/mol. The number of carbonyl (C=O) groups excluding carboxylic acids is 1. The Morgan fingerprint density at radius 2 is 1.92 bits per heavy atom. The van der Waals surface area contributed by atoms with E-state index in [0.29, 0.717) is 19.8 Å². The Morgan fingerprint density at radius 1 is 1.12 bits per heavy atom. The molecule has 2 aromatic rings. The van der Waals surface area contributed by atoms with Crippen LogP contribution in [-0.4, -0.2) is 33.3 Å². The minimum absolute atomic E-state index is 0.0606. The third-order valence-electron chi connectivity index (χ3n) is 4.90. The number of rotatable bonds is 5. The van der Waals surface area contributed by atoms with Gasteiger partial charge in [0.2, 0.25) is 0 Å². The number of fused-ring (bicyclic) bond motifs is 1. The molecule has 0 bridgehead atoms. The standard InChI is InChI=1S/C21H23NO4/c1-22(2)16-5-3-4-14(10-16)13-26-21(23)18-12-17(18)15-6-7-19-20(11-15)25-9-8-24-19/h3-7,10-11,17-18H,8-9,12-13H2,1-2H3. The second-order valence-electron chi connectivity index (χ2n) is 7.02. The summed E-state index contributed by atoms with van der Waals surface area (Å²) in [5, 5.41) is 0. The number of anilines is 1. The lowest BCUT2D eigenvalue weighted by Crippen LogP contribution is -2.15. The number of hydrogen-bond donors (Lipinski definition) is 0.